The first-order valence-corrected chi connectivity index (χ1v) is 10.2. The van der Waals surface area contributed by atoms with Gasteiger partial charge in [0, 0.05) is 44.1 Å². The number of hydrogen-bond donors (Lipinski definition) is 1. The Labute approximate surface area is 172 Å². The van der Waals surface area contributed by atoms with Crippen LogP contribution in [0.2, 0.25) is 0 Å². The van der Waals surface area contributed by atoms with E-state index in [1.54, 1.807) is 11.1 Å². The van der Waals surface area contributed by atoms with Crippen LogP contribution in [-0.4, -0.2) is 52.7 Å². The van der Waals surface area contributed by atoms with Crippen molar-refractivity contribution in [2.45, 2.75) is 26.7 Å². The third-order valence-corrected chi connectivity index (χ3v) is 5.07. The molecule has 6 heteroatoms. The second kappa shape index (κ2) is 9.87. The van der Waals surface area contributed by atoms with Gasteiger partial charge < -0.3 is 9.80 Å². The number of aromatic amines is 1. The zero-order valence-corrected chi connectivity index (χ0v) is 17.4. The van der Waals surface area contributed by atoms with E-state index in [1.807, 2.05) is 49.5 Å². The molecular weight excluding hydrogens is 362 g/mol. The molecule has 0 saturated heterocycles. The van der Waals surface area contributed by atoms with Gasteiger partial charge in [-0.1, -0.05) is 30.3 Å². The summed E-state index contributed by atoms with van der Waals surface area (Å²) in [5.74, 6) is 0.904. The number of hydrogen-bond acceptors (Lipinski definition) is 4. The summed E-state index contributed by atoms with van der Waals surface area (Å²) in [6, 6.07) is 16.0. The number of nitrogens with one attached hydrogen (secondary N) is 1. The van der Waals surface area contributed by atoms with Crippen molar-refractivity contribution in [3.63, 3.8) is 0 Å². The van der Waals surface area contributed by atoms with E-state index >= 15 is 0 Å². The van der Waals surface area contributed by atoms with Crippen molar-refractivity contribution in [3.05, 3.63) is 66.0 Å². The summed E-state index contributed by atoms with van der Waals surface area (Å²) in [6.07, 6.45) is 3.38. The van der Waals surface area contributed by atoms with Crippen molar-refractivity contribution in [2.24, 2.45) is 0 Å². The molecular formula is C23H29N5O. The fourth-order valence-electron chi connectivity index (χ4n) is 3.32. The van der Waals surface area contributed by atoms with E-state index < -0.39 is 0 Å². The zero-order chi connectivity index (χ0) is 20.6. The van der Waals surface area contributed by atoms with Crippen molar-refractivity contribution in [1.29, 1.82) is 0 Å². The maximum atomic E-state index is 12.6. The first kappa shape index (κ1) is 20.6. The van der Waals surface area contributed by atoms with Crippen molar-refractivity contribution < 1.29 is 4.79 Å². The second-order valence-electron chi connectivity index (χ2n) is 7.05. The predicted octanol–water partition coefficient (Wildman–Crippen LogP) is 4.02. The monoisotopic (exact) mass is 391 g/mol. The molecule has 2 aromatic heterocycles. The lowest BCUT2D eigenvalue weighted by atomic mass is 10.1. The predicted molar refractivity (Wildman–Crippen MR) is 117 cm³/mol. The molecule has 3 rings (SSSR count). The van der Waals surface area contributed by atoms with E-state index in [1.165, 1.54) is 0 Å². The maximum absolute atomic E-state index is 12.6. The number of rotatable bonds is 9. The molecule has 1 amide bonds. The number of benzene rings is 1. The molecule has 0 spiro atoms. The van der Waals surface area contributed by atoms with E-state index in [4.69, 9.17) is 0 Å². The summed E-state index contributed by atoms with van der Waals surface area (Å²) >= 11 is 0. The molecule has 152 valence electrons. The van der Waals surface area contributed by atoms with Crippen molar-refractivity contribution in [3.8, 4) is 11.3 Å². The highest BCUT2D eigenvalue weighted by molar-refractivity contribution is 5.93. The zero-order valence-electron chi connectivity index (χ0n) is 17.4. The van der Waals surface area contributed by atoms with Crippen molar-refractivity contribution >= 4 is 11.7 Å². The van der Waals surface area contributed by atoms with E-state index in [9.17, 15) is 4.79 Å². The summed E-state index contributed by atoms with van der Waals surface area (Å²) in [7, 11) is 1.84. The molecule has 0 unspecified atom stereocenters. The van der Waals surface area contributed by atoms with Crippen molar-refractivity contribution in [2.75, 3.05) is 31.6 Å². The molecule has 1 N–H and O–H groups in total. The molecule has 6 nitrogen and oxygen atoms in total. The smallest absolute Gasteiger partial charge is 0.255 e. The van der Waals surface area contributed by atoms with Crippen LogP contribution in [0.1, 0.15) is 36.3 Å². The number of amides is 1. The third-order valence-electron chi connectivity index (χ3n) is 5.07. The molecule has 2 heterocycles. The molecule has 0 bridgehead atoms. The summed E-state index contributed by atoms with van der Waals surface area (Å²) in [4.78, 5) is 21.0. The van der Waals surface area contributed by atoms with Crippen LogP contribution in [0.25, 0.3) is 11.3 Å². The fourth-order valence-corrected chi connectivity index (χ4v) is 3.32. The summed E-state index contributed by atoms with van der Waals surface area (Å²) < 4.78 is 0. The van der Waals surface area contributed by atoms with Crippen LogP contribution in [0.4, 0.5) is 5.82 Å². The van der Waals surface area contributed by atoms with Crippen LogP contribution in [-0.2, 0) is 6.42 Å². The molecule has 29 heavy (non-hydrogen) atoms. The van der Waals surface area contributed by atoms with Crippen LogP contribution >= 0.6 is 0 Å². The number of aromatic nitrogens is 3. The summed E-state index contributed by atoms with van der Waals surface area (Å²) in [5, 5.41) is 7.48. The molecule has 3 aromatic rings. The first-order chi connectivity index (χ1) is 14.1. The topological polar surface area (TPSA) is 65.1 Å². The Morgan fingerprint density at radius 2 is 1.83 bits per heavy atom. The highest BCUT2D eigenvalue weighted by Gasteiger charge is 2.13. The molecule has 0 aliphatic heterocycles. The minimum absolute atomic E-state index is 0.00168. The first-order valence-electron chi connectivity index (χ1n) is 10.2. The van der Waals surface area contributed by atoms with Gasteiger partial charge in [-0.15, -0.1) is 0 Å². The van der Waals surface area contributed by atoms with E-state index in [0.29, 0.717) is 12.1 Å². The van der Waals surface area contributed by atoms with E-state index in [-0.39, 0.29) is 5.91 Å². The summed E-state index contributed by atoms with van der Waals surface area (Å²) in [5.41, 5.74) is 3.75. The van der Waals surface area contributed by atoms with Crippen LogP contribution in [0, 0.1) is 0 Å². The molecule has 0 aliphatic rings. The number of carbonyl (C=O) groups is 1. The number of aryl methyl sites for hydroxylation is 1. The average molecular weight is 392 g/mol. The number of pyridine rings is 1. The third kappa shape index (κ3) is 5.22. The van der Waals surface area contributed by atoms with Gasteiger partial charge in [-0.3, -0.25) is 9.89 Å². The Kier molecular flexibility index (Phi) is 7.00. The molecule has 0 saturated carbocycles. The second-order valence-corrected chi connectivity index (χ2v) is 7.05. The van der Waals surface area contributed by atoms with Crippen LogP contribution in [0.5, 0.6) is 0 Å². The van der Waals surface area contributed by atoms with Gasteiger partial charge in [0.25, 0.3) is 5.91 Å². The van der Waals surface area contributed by atoms with E-state index in [2.05, 4.69) is 40.0 Å². The summed E-state index contributed by atoms with van der Waals surface area (Å²) in [6.45, 7) is 6.67. The number of carbonyl (C=O) groups excluding carboxylic acids is 1. The maximum Gasteiger partial charge on any atom is 0.255 e. The van der Waals surface area contributed by atoms with Gasteiger partial charge in [0.2, 0.25) is 0 Å². The highest BCUT2D eigenvalue weighted by Crippen LogP contribution is 2.18. The quantitative estimate of drug-likeness (QED) is 0.598. The highest BCUT2D eigenvalue weighted by atomic mass is 16.2. The number of nitrogens with zero attached hydrogens (tertiary/aromatic N) is 4. The molecule has 0 fully saturated rings. The van der Waals surface area contributed by atoms with Gasteiger partial charge in [-0.2, -0.15) is 5.10 Å². The van der Waals surface area contributed by atoms with Gasteiger partial charge >= 0.3 is 0 Å². The van der Waals surface area contributed by atoms with Crippen LogP contribution in [0.3, 0.4) is 0 Å². The van der Waals surface area contributed by atoms with E-state index in [0.717, 1.165) is 48.7 Å². The van der Waals surface area contributed by atoms with Crippen LogP contribution < -0.4 is 4.90 Å². The normalized spacial score (nSPS) is 10.7. The van der Waals surface area contributed by atoms with Gasteiger partial charge in [-0.05, 0) is 44.9 Å². The standard InChI is InChI=1S/C23H29N5O/c1-4-28(5-2)22-14-13-19(17-24-22)23(29)27(3)15-9-12-20-16-21(26-25-20)18-10-7-6-8-11-18/h6-8,10-11,13-14,16-17H,4-5,9,12,15H2,1-3H3,(H,25,26). The Bertz CT molecular complexity index is 901. The van der Waals surface area contributed by atoms with Crippen molar-refractivity contribution in [1.82, 2.24) is 20.1 Å². The minimum atomic E-state index is -0.00168. The fraction of sp³-hybridized carbons (Fsp3) is 0.348. The van der Waals surface area contributed by atoms with Gasteiger partial charge in [0.15, 0.2) is 0 Å². The molecule has 0 aliphatic carbocycles. The molecule has 0 radical (unpaired) electrons. The lowest BCUT2D eigenvalue weighted by Gasteiger charge is -2.20. The Morgan fingerprint density at radius 3 is 2.48 bits per heavy atom. The minimum Gasteiger partial charge on any atom is -0.357 e. The van der Waals surface area contributed by atoms with Gasteiger partial charge in [-0.25, -0.2) is 4.98 Å². The number of H-pyrrole nitrogens is 1. The lowest BCUT2D eigenvalue weighted by Crippen LogP contribution is -2.28. The Hall–Kier alpha value is -3.15. The number of anilines is 1. The Morgan fingerprint density at radius 1 is 1.07 bits per heavy atom. The van der Waals surface area contributed by atoms with Crippen LogP contribution in [0.15, 0.2) is 54.7 Å². The average Bonchev–Trinajstić information content (AvgIpc) is 3.24. The Balaban J connectivity index is 1.51. The largest absolute Gasteiger partial charge is 0.357 e. The SMILES string of the molecule is CCN(CC)c1ccc(C(=O)N(C)CCCc2cc(-c3ccccc3)n[nH]2)cn1. The van der Waals surface area contributed by atoms with Gasteiger partial charge in [0.05, 0.1) is 11.3 Å². The molecule has 0 atom stereocenters. The lowest BCUT2D eigenvalue weighted by molar-refractivity contribution is 0.0793. The molecule has 1 aromatic carbocycles. The van der Waals surface area contributed by atoms with Gasteiger partial charge in [0.1, 0.15) is 5.82 Å².